The van der Waals surface area contributed by atoms with E-state index in [1.165, 1.54) is 6.07 Å². The van der Waals surface area contributed by atoms with Crippen LogP contribution in [0.25, 0.3) is 0 Å². The van der Waals surface area contributed by atoms with Gasteiger partial charge >= 0.3 is 18.4 Å². The summed E-state index contributed by atoms with van der Waals surface area (Å²) in [5.74, 6) is -0.728. The van der Waals surface area contributed by atoms with Crippen molar-refractivity contribution >= 4 is 11.7 Å². The van der Waals surface area contributed by atoms with Crippen molar-refractivity contribution in [1.82, 2.24) is 15.5 Å². The molecule has 0 unspecified atom stereocenters. The summed E-state index contributed by atoms with van der Waals surface area (Å²) in [6.45, 7) is 0.164. The van der Waals surface area contributed by atoms with Crippen molar-refractivity contribution in [1.29, 1.82) is 0 Å². The first-order valence-corrected chi connectivity index (χ1v) is 8.13. The third kappa shape index (κ3) is 3.42. The highest BCUT2D eigenvalue weighted by molar-refractivity contribution is 5.89. The molecule has 2 aromatic rings. The molecule has 0 saturated carbocycles. The summed E-state index contributed by atoms with van der Waals surface area (Å²) in [5, 5.41) is 12.0. The van der Waals surface area contributed by atoms with E-state index in [0.29, 0.717) is 0 Å². The summed E-state index contributed by atoms with van der Waals surface area (Å²) < 4.78 is 60.9. The van der Waals surface area contributed by atoms with Crippen molar-refractivity contribution in [3.8, 4) is 5.75 Å². The number of urea groups is 1. The van der Waals surface area contributed by atoms with Crippen LogP contribution < -0.4 is 15.4 Å². The summed E-state index contributed by atoms with van der Waals surface area (Å²) in [7, 11) is 0. The molecule has 0 saturated heterocycles. The maximum Gasteiger partial charge on any atom is 0.540 e. The number of aryl methyl sites for hydroxylation is 1. The van der Waals surface area contributed by atoms with Crippen LogP contribution in [0.1, 0.15) is 28.9 Å². The highest BCUT2D eigenvalue weighted by Crippen LogP contribution is 2.46. The minimum atomic E-state index is -4.44. The highest BCUT2D eigenvalue weighted by atomic mass is 19.3. The molecule has 1 aliphatic heterocycles. The van der Waals surface area contributed by atoms with Gasteiger partial charge in [0.2, 0.25) is 0 Å². The Bertz CT molecular complexity index is 900. The van der Waals surface area contributed by atoms with Crippen molar-refractivity contribution in [3.05, 3.63) is 40.7 Å². The summed E-state index contributed by atoms with van der Waals surface area (Å²) in [6.07, 6.45) is -5.88. The van der Waals surface area contributed by atoms with E-state index in [1.54, 1.807) is 0 Å². The van der Waals surface area contributed by atoms with Gasteiger partial charge in [0.05, 0.1) is 17.8 Å². The van der Waals surface area contributed by atoms with Crippen molar-refractivity contribution in [2.45, 2.75) is 38.2 Å². The van der Waals surface area contributed by atoms with Crippen LogP contribution in [-0.2, 0) is 30.2 Å². The van der Waals surface area contributed by atoms with Gasteiger partial charge in [0, 0.05) is 11.4 Å². The normalized spacial score (nSPS) is 19.0. The zero-order valence-electron chi connectivity index (χ0n) is 13.7. The number of amides is 2. The fourth-order valence-corrected chi connectivity index (χ4v) is 3.15. The first-order chi connectivity index (χ1) is 12.7. The SMILES string of the molecule is O=C(NCc1n[nH]c2c1CCC2)Nc1ccc2c(c1)C(F)(F)OC(F)(F)O2. The smallest absolute Gasteiger partial charge is 0.409 e. The predicted molar refractivity (Wildman–Crippen MR) is 83.5 cm³/mol. The number of benzene rings is 1. The predicted octanol–water partition coefficient (Wildman–Crippen LogP) is 3.23. The lowest BCUT2D eigenvalue weighted by molar-refractivity contribution is -0.461. The number of aromatic amines is 1. The van der Waals surface area contributed by atoms with Crippen molar-refractivity contribution in [2.24, 2.45) is 0 Å². The van der Waals surface area contributed by atoms with Gasteiger partial charge < -0.3 is 15.4 Å². The zero-order chi connectivity index (χ0) is 19.2. The third-order valence-electron chi connectivity index (χ3n) is 4.34. The molecule has 2 aliphatic rings. The second-order valence-corrected chi connectivity index (χ2v) is 6.18. The maximum absolute atomic E-state index is 13.7. The van der Waals surface area contributed by atoms with Gasteiger partial charge in [-0.1, -0.05) is 0 Å². The number of fused-ring (bicyclic) bond motifs is 2. The molecule has 2 amide bonds. The molecule has 27 heavy (non-hydrogen) atoms. The lowest BCUT2D eigenvalue weighted by atomic mass is 10.1. The topological polar surface area (TPSA) is 88.3 Å². The molecule has 4 rings (SSSR count). The van der Waals surface area contributed by atoms with E-state index in [-0.39, 0.29) is 12.2 Å². The monoisotopic (exact) mass is 386 g/mol. The van der Waals surface area contributed by atoms with E-state index in [9.17, 15) is 22.4 Å². The van der Waals surface area contributed by atoms with E-state index in [1.807, 2.05) is 0 Å². The Morgan fingerprint density at radius 2 is 2.07 bits per heavy atom. The van der Waals surface area contributed by atoms with Crippen LogP contribution in [0.4, 0.5) is 28.0 Å². The number of nitrogens with zero attached hydrogens (tertiary/aromatic N) is 1. The molecule has 0 spiro atoms. The summed E-state index contributed by atoms with van der Waals surface area (Å²) in [4.78, 5) is 12.0. The van der Waals surface area contributed by atoms with Crippen LogP contribution in [-0.4, -0.2) is 22.5 Å². The third-order valence-corrected chi connectivity index (χ3v) is 4.34. The number of carbonyl (C=O) groups is 1. The van der Waals surface area contributed by atoms with Crippen molar-refractivity contribution < 1.29 is 31.8 Å². The Balaban J connectivity index is 1.43. The minimum absolute atomic E-state index is 0.0319. The molecule has 7 nitrogen and oxygen atoms in total. The largest absolute Gasteiger partial charge is 0.540 e. The summed E-state index contributed by atoms with van der Waals surface area (Å²) in [6, 6.07) is 2.24. The fourth-order valence-electron chi connectivity index (χ4n) is 3.15. The van der Waals surface area contributed by atoms with E-state index < -0.39 is 29.7 Å². The number of anilines is 1. The standard InChI is InChI=1S/C16H14F4N4O3/c17-15(18)10-6-8(4-5-13(10)26-16(19,20)27-15)22-14(25)21-7-12-9-2-1-3-11(9)23-24-12/h4-6H,1-3,7H2,(H,23,24)(H2,21,22,25). The van der Waals surface area contributed by atoms with Gasteiger partial charge in [-0.3, -0.25) is 5.10 Å². The Morgan fingerprint density at radius 1 is 1.26 bits per heavy atom. The second kappa shape index (κ2) is 6.12. The molecule has 144 valence electrons. The number of carbonyl (C=O) groups excluding carboxylic acids is 1. The Labute approximate surface area is 150 Å². The molecule has 1 aromatic heterocycles. The number of ether oxygens (including phenoxy) is 2. The Hall–Kier alpha value is -2.82. The van der Waals surface area contributed by atoms with Crippen LogP contribution in [0, 0.1) is 0 Å². The molecule has 1 aromatic carbocycles. The number of hydrogen-bond acceptors (Lipinski definition) is 4. The first-order valence-electron chi connectivity index (χ1n) is 8.13. The number of aromatic nitrogens is 2. The molecular weight excluding hydrogens is 372 g/mol. The summed E-state index contributed by atoms with van der Waals surface area (Å²) in [5.41, 5.74) is 1.92. The molecule has 1 aliphatic carbocycles. The molecule has 0 fully saturated rings. The Kier molecular flexibility index (Phi) is 3.98. The summed E-state index contributed by atoms with van der Waals surface area (Å²) >= 11 is 0. The Morgan fingerprint density at radius 3 is 2.89 bits per heavy atom. The molecule has 11 heteroatoms. The number of rotatable bonds is 3. The van der Waals surface area contributed by atoms with Gasteiger partial charge in [-0.05, 0) is 43.0 Å². The zero-order valence-corrected chi connectivity index (χ0v) is 13.7. The minimum Gasteiger partial charge on any atom is -0.409 e. The molecule has 0 radical (unpaired) electrons. The van der Waals surface area contributed by atoms with Gasteiger partial charge in [0.1, 0.15) is 5.75 Å². The van der Waals surface area contributed by atoms with E-state index in [4.69, 9.17) is 0 Å². The van der Waals surface area contributed by atoms with Crippen LogP contribution >= 0.6 is 0 Å². The number of H-pyrrole nitrogens is 1. The molecule has 3 N–H and O–H groups in total. The van der Waals surface area contributed by atoms with Crippen molar-refractivity contribution in [2.75, 3.05) is 5.32 Å². The second-order valence-electron chi connectivity index (χ2n) is 6.18. The fraction of sp³-hybridized carbons (Fsp3) is 0.375. The van der Waals surface area contributed by atoms with Gasteiger partial charge in [0.25, 0.3) is 0 Å². The number of halogens is 4. The van der Waals surface area contributed by atoms with E-state index in [0.717, 1.165) is 48.3 Å². The van der Waals surface area contributed by atoms with E-state index >= 15 is 0 Å². The first kappa shape index (κ1) is 17.6. The quantitative estimate of drug-likeness (QED) is 0.707. The number of nitrogens with one attached hydrogen (secondary N) is 3. The average molecular weight is 386 g/mol. The number of hydrogen-bond donors (Lipinski definition) is 3. The molecule has 2 heterocycles. The van der Waals surface area contributed by atoms with Crippen LogP contribution in [0.3, 0.4) is 0 Å². The van der Waals surface area contributed by atoms with Crippen LogP contribution in [0.5, 0.6) is 5.75 Å². The highest BCUT2D eigenvalue weighted by Gasteiger charge is 2.54. The van der Waals surface area contributed by atoms with Crippen LogP contribution in [0.2, 0.25) is 0 Å². The average Bonchev–Trinajstić information content (AvgIpc) is 3.16. The van der Waals surface area contributed by atoms with Gasteiger partial charge in [-0.25, -0.2) is 9.53 Å². The van der Waals surface area contributed by atoms with Gasteiger partial charge in [0.15, 0.2) is 0 Å². The molecule has 0 atom stereocenters. The van der Waals surface area contributed by atoms with Crippen molar-refractivity contribution in [3.63, 3.8) is 0 Å². The lowest BCUT2D eigenvalue weighted by Crippen LogP contribution is -2.41. The van der Waals surface area contributed by atoms with E-state index in [2.05, 4.69) is 30.3 Å². The van der Waals surface area contributed by atoms with Gasteiger partial charge in [-0.2, -0.15) is 13.9 Å². The van der Waals surface area contributed by atoms with Crippen LogP contribution in [0.15, 0.2) is 18.2 Å². The number of alkyl halides is 4. The molecule has 0 bridgehead atoms. The molecular formula is C16H14F4N4O3. The maximum atomic E-state index is 13.7. The lowest BCUT2D eigenvalue weighted by Gasteiger charge is -2.30. The van der Waals surface area contributed by atoms with Gasteiger partial charge in [-0.15, -0.1) is 8.78 Å².